The number of fused-ring (bicyclic) bond motifs is 5. The molecule has 0 radical (unpaired) electrons. The first kappa shape index (κ1) is 17.3. The molecule has 0 bridgehead atoms. The molecule has 3 heteroatoms. The van der Waals surface area contributed by atoms with Gasteiger partial charge >= 0.3 is 0 Å². The topological polar surface area (TPSA) is 29.0 Å². The normalized spacial score (nSPS) is 15.3. The fourth-order valence-corrected chi connectivity index (χ4v) is 5.96. The van der Waals surface area contributed by atoms with Gasteiger partial charge in [-0.3, -0.25) is 9.97 Å². The van der Waals surface area contributed by atoms with Crippen LogP contribution in [0.3, 0.4) is 0 Å². The molecule has 33 heavy (non-hydrogen) atoms. The zero-order valence-electron chi connectivity index (χ0n) is 17.9. The maximum absolute atomic E-state index is 4.67. The number of nitrogens with zero attached hydrogens (tertiary/aromatic N) is 3. The van der Waals surface area contributed by atoms with E-state index in [-0.39, 0.29) is 0 Å². The lowest BCUT2D eigenvalue weighted by Gasteiger charge is -2.37. The molecule has 0 amide bonds. The highest BCUT2D eigenvalue weighted by Crippen LogP contribution is 2.53. The summed E-state index contributed by atoms with van der Waals surface area (Å²) in [5, 5.41) is 5.11. The van der Waals surface area contributed by atoms with Gasteiger partial charge in [-0.15, -0.1) is 0 Å². The van der Waals surface area contributed by atoms with Crippen LogP contribution in [0.2, 0.25) is 0 Å². The minimum absolute atomic E-state index is 0.985. The maximum atomic E-state index is 4.67. The van der Waals surface area contributed by atoms with Gasteiger partial charge < -0.3 is 4.90 Å². The first-order valence-electron chi connectivity index (χ1n) is 11.5. The van der Waals surface area contributed by atoms with Crippen LogP contribution in [0.4, 0.5) is 11.4 Å². The van der Waals surface area contributed by atoms with Crippen molar-refractivity contribution in [3.63, 3.8) is 0 Å². The van der Waals surface area contributed by atoms with Gasteiger partial charge in [-0.05, 0) is 42.0 Å². The van der Waals surface area contributed by atoms with Crippen molar-refractivity contribution >= 4 is 38.5 Å². The Balaban J connectivity index is 1.49. The lowest BCUT2D eigenvalue weighted by Crippen LogP contribution is -2.23. The summed E-state index contributed by atoms with van der Waals surface area (Å²) in [7, 11) is 0. The third-order valence-corrected chi connectivity index (χ3v) is 7.25. The van der Waals surface area contributed by atoms with Gasteiger partial charge in [0.2, 0.25) is 0 Å². The minimum Gasteiger partial charge on any atom is -0.309 e. The zero-order chi connectivity index (χ0) is 21.5. The van der Waals surface area contributed by atoms with Crippen molar-refractivity contribution in [1.29, 1.82) is 0 Å². The molecule has 3 nitrogen and oxygen atoms in total. The van der Waals surface area contributed by atoms with E-state index in [0.29, 0.717) is 0 Å². The minimum atomic E-state index is 0.985. The summed E-state index contributed by atoms with van der Waals surface area (Å²) in [5.41, 5.74) is 10.8. The predicted molar refractivity (Wildman–Crippen MR) is 135 cm³/mol. The summed E-state index contributed by atoms with van der Waals surface area (Å²) in [4.78, 5) is 11.8. The van der Waals surface area contributed by atoms with Crippen LogP contribution < -0.4 is 4.90 Å². The van der Waals surface area contributed by atoms with Crippen LogP contribution in [-0.2, 0) is 0 Å². The fraction of sp³-hybridized carbons (Fsp3) is 0.0667. The molecule has 0 atom stereocenters. The molecule has 1 aromatic heterocycles. The second-order valence-corrected chi connectivity index (χ2v) is 8.91. The highest BCUT2D eigenvalue weighted by atomic mass is 15.2. The smallest absolute Gasteiger partial charge is 0.0971 e. The summed E-state index contributed by atoms with van der Waals surface area (Å²) >= 11 is 0. The van der Waals surface area contributed by atoms with Crippen LogP contribution in [0, 0.1) is 0 Å². The monoisotopic (exact) mass is 421 g/mol. The molecule has 4 aromatic carbocycles. The molecular weight excluding hydrogens is 402 g/mol. The molecule has 0 saturated heterocycles. The predicted octanol–water partition coefficient (Wildman–Crippen LogP) is 7.64. The van der Waals surface area contributed by atoms with Gasteiger partial charge in [-0.2, -0.15) is 0 Å². The highest BCUT2D eigenvalue weighted by molar-refractivity contribution is 6.20. The Labute approximate surface area is 191 Å². The van der Waals surface area contributed by atoms with E-state index in [0.717, 1.165) is 24.2 Å². The van der Waals surface area contributed by atoms with Gasteiger partial charge in [0, 0.05) is 50.9 Å². The van der Waals surface area contributed by atoms with E-state index in [2.05, 4.69) is 93.7 Å². The maximum Gasteiger partial charge on any atom is 0.0971 e. The number of hydrogen-bond donors (Lipinski definition) is 0. The van der Waals surface area contributed by atoms with Crippen molar-refractivity contribution in [2.75, 3.05) is 4.90 Å². The van der Waals surface area contributed by atoms with Gasteiger partial charge in [0.1, 0.15) is 0 Å². The van der Waals surface area contributed by atoms with Crippen LogP contribution in [0.5, 0.6) is 0 Å². The summed E-state index contributed by atoms with van der Waals surface area (Å²) in [5.74, 6) is 0. The molecule has 5 aromatic rings. The Hall–Kier alpha value is -4.24. The van der Waals surface area contributed by atoms with E-state index in [9.17, 15) is 0 Å². The van der Waals surface area contributed by atoms with Crippen molar-refractivity contribution in [2.45, 2.75) is 12.8 Å². The van der Waals surface area contributed by atoms with E-state index in [1.807, 2.05) is 0 Å². The van der Waals surface area contributed by atoms with Crippen molar-refractivity contribution in [3.8, 4) is 22.5 Å². The molecule has 2 heterocycles. The third-order valence-electron chi connectivity index (χ3n) is 7.25. The van der Waals surface area contributed by atoms with Gasteiger partial charge in [-0.1, -0.05) is 60.7 Å². The lowest BCUT2D eigenvalue weighted by molar-refractivity contribution is 1.00. The van der Waals surface area contributed by atoms with Gasteiger partial charge in [0.25, 0.3) is 0 Å². The second kappa shape index (κ2) is 6.17. The number of anilines is 2. The molecular formula is C30H19N3. The van der Waals surface area contributed by atoms with Gasteiger partial charge in [0.15, 0.2) is 0 Å². The van der Waals surface area contributed by atoms with E-state index in [1.165, 1.54) is 60.9 Å². The summed E-state index contributed by atoms with van der Waals surface area (Å²) in [6.07, 6.45) is 10.5. The van der Waals surface area contributed by atoms with Crippen LogP contribution in [0.15, 0.2) is 97.0 Å². The molecule has 2 aliphatic carbocycles. The largest absolute Gasteiger partial charge is 0.309 e. The van der Waals surface area contributed by atoms with Crippen LogP contribution in [-0.4, -0.2) is 9.97 Å². The molecule has 0 N–H and O–H groups in total. The summed E-state index contributed by atoms with van der Waals surface area (Å²) < 4.78 is 0. The fourth-order valence-electron chi connectivity index (χ4n) is 5.96. The molecule has 0 spiro atoms. The highest BCUT2D eigenvalue weighted by Gasteiger charge is 2.32. The van der Waals surface area contributed by atoms with Crippen molar-refractivity contribution in [1.82, 2.24) is 9.97 Å². The summed E-state index contributed by atoms with van der Waals surface area (Å²) in [6, 6.07) is 24.4. The number of aromatic nitrogens is 2. The molecule has 0 fully saturated rings. The van der Waals surface area contributed by atoms with E-state index in [1.54, 1.807) is 12.4 Å². The lowest BCUT2D eigenvalue weighted by atomic mass is 9.86. The Morgan fingerprint density at radius 3 is 2.21 bits per heavy atom. The number of benzene rings is 4. The first-order valence-corrected chi connectivity index (χ1v) is 11.5. The van der Waals surface area contributed by atoms with E-state index >= 15 is 0 Å². The molecule has 3 aliphatic rings. The molecule has 0 saturated carbocycles. The molecule has 8 rings (SSSR count). The molecule has 1 aliphatic heterocycles. The quantitative estimate of drug-likeness (QED) is 0.273. The average Bonchev–Trinajstić information content (AvgIpc) is 3.21. The van der Waals surface area contributed by atoms with Gasteiger partial charge in [-0.25, -0.2) is 0 Å². The number of hydrogen-bond acceptors (Lipinski definition) is 3. The second-order valence-electron chi connectivity index (χ2n) is 8.91. The Morgan fingerprint density at radius 1 is 0.606 bits per heavy atom. The third kappa shape index (κ3) is 2.14. The van der Waals surface area contributed by atoms with Crippen LogP contribution in [0.1, 0.15) is 18.4 Å². The number of allylic oxidation sites excluding steroid dienone is 3. The van der Waals surface area contributed by atoms with Crippen molar-refractivity contribution < 1.29 is 0 Å². The summed E-state index contributed by atoms with van der Waals surface area (Å²) in [6.45, 7) is 0. The molecule has 0 unspecified atom stereocenters. The van der Waals surface area contributed by atoms with Crippen molar-refractivity contribution in [2.24, 2.45) is 0 Å². The van der Waals surface area contributed by atoms with E-state index in [4.69, 9.17) is 0 Å². The number of rotatable bonds is 1. The zero-order valence-corrected chi connectivity index (χ0v) is 17.9. The van der Waals surface area contributed by atoms with Crippen LogP contribution in [0.25, 0.3) is 49.6 Å². The first-order chi connectivity index (χ1) is 16.4. The SMILES string of the molecule is C1=C2C(=CCC1)N(c1ccc3c4c(cccc14)-c1nccnc1-3)c1cccc3cccc2c13. The van der Waals surface area contributed by atoms with Crippen molar-refractivity contribution in [3.05, 3.63) is 103 Å². The van der Waals surface area contributed by atoms with Crippen LogP contribution >= 0.6 is 0 Å². The molecule has 154 valence electrons. The Kier molecular flexibility index (Phi) is 3.24. The standard InChI is InChI=1S/C30H19N3/c1-2-12-24-19(8-1)20-9-3-6-18-7-4-13-26(27(18)20)33(24)25-15-14-23-28-21(25)10-5-11-22(28)29-30(23)32-17-16-31-29/h3-17H,1-2H2. The average molecular weight is 422 g/mol. The van der Waals surface area contributed by atoms with E-state index < -0.39 is 0 Å². The van der Waals surface area contributed by atoms with Gasteiger partial charge in [0.05, 0.1) is 22.8 Å². The Bertz CT molecular complexity index is 1690. The Morgan fingerprint density at radius 2 is 1.33 bits per heavy atom.